The van der Waals surface area contributed by atoms with Crippen molar-refractivity contribution in [1.29, 1.82) is 0 Å². The van der Waals surface area contributed by atoms with E-state index in [1.165, 1.54) is 19.2 Å². The Labute approximate surface area is 130 Å². The minimum atomic E-state index is -3.93. The lowest BCUT2D eigenvalue weighted by molar-refractivity contribution is 0.410. The third kappa shape index (κ3) is 3.17. The minimum absolute atomic E-state index is 0.119. The van der Waals surface area contributed by atoms with Gasteiger partial charge in [-0.1, -0.05) is 6.07 Å². The molecule has 0 radical (unpaired) electrons. The number of rotatable bonds is 5. The average molecular weight is 322 g/mol. The van der Waals surface area contributed by atoms with Gasteiger partial charge in [-0.05, 0) is 49.2 Å². The van der Waals surface area contributed by atoms with Gasteiger partial charge in [-0.2, -0.15) is 8.42 Å². The largest absolute Gasteiger partial charge is 0.497 e. The van der Waals surface area contributed by atoms with E-state index in [0.29, 0.717) is 17.1 Å². The van der Waals surface area contributed by atoms with Crippen molar-refractivity contribution >= 4 is 10.1 Å². The number of methoxy groups -OCH3 is 2. The van der Waals surface area contributed by atoms with Crippen molar-refractivity contribution in [3.05, 3.63) is 47.5 Å². The molecule has 2 aromatic carbocycles. The first kappa shape index (κ1) is 16.2. The first-order chi connectivity index (χ1) is 10.4. The lowest BCUT2D eigenvalue weighted by atomic mass is 10.1. The highest BCUT2D eigenvalue weighted by Gasteiger charge is 2.21. The highest BCUT2D eigenvalue weighted by Crippen LogP contribution is 2.29. The maximum absolute atomic E-state index is 12.5. The van der Waals surface area contributed by atoms with Crippen molar-refractivity contribution in [1.82, 2.24) is 0 Å². The highest BCUT2D eigenvalue weighted by molar-refractivity contribution is 7.87. The van der Waals surface area contributed by atoms with Crippen LogP contribution in [0.1, 0.15) is 11.1 Å². The van der Waals surface area contributed by atoms with Gasteiger partial charge in [0, 0.05) is 6.07 Å². The molecule has 5 nitrogen and oxygen atoms in total. The molecule has 0 amide bonds. The molecule has 0 spiro atoms. The lowest BCUT2D eigenvalue weighted by Crippen LogP contribution is -2.12. The quantitative estimate of drug-likeness (QED) is 0.792. The SMILES string of the molecule is COc1cccc(OS(=O)(=O)c2ccc(OC)c(C)c2C)c1. The molecule has 0 aliphatic heterocycles. The first-order valence-electron chi connectivity index (χ1n) is 6.62. The summed E-state index contributed by atoms with van der Waals surface area (Å²) < 4.78 is 40.4. The van der Waals surface area contributed by atoms with Gasteiger partial charge in [0.2, 0.25) is 0 Å². The summed E-state index contributed by atoms with van der Waals surface area (Å²) in [6, 6.07) is 9.55. The Balaban J connectivity index is 2.40. The Morgan fingerprint density at radius 3 is 2.18 bits per heavy atom. The molecule has 118 valence electrons. The summed E-state index contributed by atoms with van der Waals surface area (Å²) in [6.45, 7) is 3.53. The smallest absolute Gasteiger partial charge is 0.339 e. The normalized spacial score (nSPS) is 11.1. The summed E-state index contributed by atoms with van der Waals surface area (Å²) in [5.74, 6) is 1.36. The van der Waals surface area contributed by atoms with Crippen molar-refractivity contribution in [3.8, 4) is 17.2 Å². The van der Waals surface area contributed by atoms with E-state index in [1.807, 2.05) is 0 Å². The summed E-state index contributed by atoms with van der Waals surface area (Å²) in [5, 5.41) is 0. The van der Waals surface area contributed by atoms with Crippen LogP contribution in [0.4, 0.5) is 0 Å². The first-order valence-corrected chi connectivity index (χ1v) is 8.02. The molecule has 0 unspecified atom stereocenters. The predicted octanol–water partition coefficient (Wildman–Crippen LogP) is 3.09. The fraction of sp³-hybridized carbons (Fsp3) is 0.250. The van der Waals surface area contributed by atoms with Crippen LogP contribution < -0.4 is 13.7 Å². The third-order valence-electron chi connectivity index (χ3n) is 3.42. The molecule has 22 heavy (non-hydrogen) atoms. The maximum atomic E-state index is 12.5. The number of hydrogen-bond donors (Lipinski definition) is 0. The second kappa shape index (κ2) is 6.27. The van der Waals surface area contributed by atoms with Gasteiger partial charge in [0.1, 0.15) is 22.1 Å². The molecule has 0 fully saturated rings. The Morgan fingerprint density at radius 2 is 1.55 bits per heavy atom. The van der Waals surface area contributed by atoms with Crippen LogP contribution in [0.2, 0.25) is 0 Å². The van der Waals surface area contributed by atoms with Crippen LogP contribution in [0, 0.1) is 13.8 Å². The average Bonchev–Trinajstić information content (AvgIpc) is 2.49. The van der Waals surface area contributed by atoms with E-state index >= 15 is 0 Å². The van der Waals surface area contributed by atoms with Crippen LogP contribution in [0.15, 0.2) is 41.3 Å². The van der Waals surface area contributed by atoms with Crippen molar-refractivity contribution < 1.29 is 22.1 Å². The fourth-order valence-electron chi connectivity index (χ4n) is 2.09. The van der Waals surface area contributed by atoms with E-state index < -0.39 is 10.1 Å². The summed E-state index contributed by atoms with van der Waals surface area (Å²) >= 11 is 0. The van der Waals surface area contributed by atoms with Gasteiger partial charge in [-0.3, -0.25) is 0 Å². The second-order valence-electron chi connectivity index (χ2n) is 4.73. The van der Waals surface area contributed by atoms with Gasteiger partial charge >= 0.3 is 10.1 Å². The molecule has 2 aromatic rings. The Bertz CT molecular complexity index is 781. The van der Waals surface area contributed by atoms with E-state index in [2.05, 4.69) is 0 Å². The van der Waals surface area contributed by atoms with Crippen molar-refractivity contribution in [2.45, 2.75) is 18.7 Å². The van der Waals surface area contributed by atoms with Crippen molar-refractivity contribution in [2.75, 3.05) is 14.2 Å². The predicted molar refractivity (Wildman–Crippen MR) is 83.3 cm³/mol. The van der Waals surface area contributed by atoms with Crippen LogP contribution in [-0.2, 0) is 10.1 Å². The molecule has 0 atom stereocenters. The Morgan fingerprint density at radius 1 is 0.864 bits per heavy atom. The van der Waals surface area contributed by atoms with Gasteiger partial charge in [0.05, 0.1) is 14.2 Å². The molecular formula is C16H18O5S. The molecule has 0 aliphatic carbocycles. The van der Waals surface area contributed by atoms with Crippen LogP contribution in [0.5, 0.6) is 17.2 Å². The summed E-state index contributed by atoms with van der Waals surface area (Å²) in [7, 11) is -0.879. The van der Waals surface area contributed by atoms with Gasteiger partial charge < -0.3 is 13.7 Å². The standard InChI is InChI=1S/C16H18O5S/c1-11-12(2)16(9-8-15(11)20-4)22(17,18)21-14-7-5-6-13(10-14)19-3/h5-10H,1-4H3. The topological polar surface area (TPSA) is 61.8 Å². The molecule has 0 aromatic heterocycles. The second-order valence-corrected chi connectivity index (χ2v) is 6.25. The Hall–Kier alpha value is -2.21. The van der Waals surface area contributed by atoms with E-state index in [9.17, 15) is 8.42 Å². The molecule has 0 aliphatic rings. The molecule has 0 heterocycles. The van der Waals surface area contributed by atoms with Gasteiger partial charge in [-0.25, -0.2) is 0 Å². The highest BCUT2D eigenvalue weighted by atomic mass is 32.2. The molecule has 0 saturated carbocycles. The van der Waals surface area contributed by atoms with E-state index in [-0.39, 0.29) is 10.6 Å². The summed E-state index contributed by atoms with van der Waals surface area (Å²) in [5.41, 5.74) is 1.36. The van der Waals surface area contributed by atoms with Crippen LogP contribution >= 0.6 is 0 Å². The number of benzene rings is 2. The molecule has 0 saturated heterocycles. The van der Waals surface area contributed by atoms with Crippen LogP contribution in [0.25, 0.3) is 0 Å². The maximum Gasteiger partial charge on any atom is 0.339 e. The molecule has 0 N–H and O–H groups in total. The Kier molecular flexibility index (Phi) is 4.61. The van der Waals surface area contributed by atoms with Gasteiger partial charge in [0.15, 0.2) is 0 Å². The molecule has 6 heteroatoms. The lowest BCUT2D eigenvalue weighted by Gasteiger charge is -2.13. The molecule has 2 rings (SSSR count). The summed E-state index contributed by atoms with van der Waals surface area (Å²) in [4.78, 5) is 0.119. The van der Waals surface area contributed by atoms with Gasteiger partial charge in [-0.15, -0.1) is 0 Å². The number of hydrogen-bond acceptors (Lipinski definition) is 5. The fourth-order valence-corrected chi connectivity index (χ4v) is 3.30. The van der Waals surface area contributed by atoms with Crippen molar-refractivity contribution in [3.63, 3.8) is 0 Å². The monoisotopic (exact) mass is 322 g/mol. The zero-order chi connectivity index (χ0) is 16.3. The van der Waals surface area contributed by atoms with Crippen LogP contribution in [-0.4, -0.2) is 22.6 Å². The third-order valence-corrected chi connectivity index (χ3v) is 4.82. The summed E-state index contributed by atoms with van der Waals surface area (Å²) in [6.07, 6.45) is 0. The van der Waals surface area contributed by atoms with E-state index in [4.69, 9.17) is 13.7 Å². The van der Waals surface area contributed by atoms with E-state index in [0.717, 1.165) is 5.56 Å². The zero-order valence-corrected chi connectivity index (χ0v) is 13.7. The van der Waals surface area contributed by atoms with Crippen LogP contribution in [0.3, 0.4) is 0 Å². The zero-order valence-electron chi connectivity index (χ0n) is 12.9. The van der Waals surface area contributed by atoms with Crippen molar-refractivity contribution in [2.24, 2.45) is 0 Å². The number of ether oxygens (including phenoxy) is 2. The van der Waals surface area contributed by atoms with Gasteiger partial charge in [0.25, 0.3) is 0 Å². The molecule has 0 bridgehead atoms. The minimum Gasteiger partial charge on any atom is -0.497 e. The molecular weight excluding hydrogens is 304 g/mol. The van der Waals surface area contributed by atoms with E-state index in [1.54, 1.807) is 45.2 Å².